The molecule has 30 heavy (non-hydrogen) atoms. The quantitative estimate of drug-likeness (QED) is 0.435. The molecule has 0 unspecified atom stereocenters. The summed E-state index contributed by atoms with van der Waals surface area (Å²) in [4.78, 5) is 20.9. The van der Waals surface area contributed by atoms with Crippen LogP contribution in [-0.2, 0) is 11.2 Å². The molecule has 1 heterocycles. The van der Waals surface area contributed by atoms with Gasteiger partial charge >= 0.3 is 5.97 Å². The van der Waals surface area contributed by atoms with Crippen LogP contribution in [0, 0.1) is 0 Å². The molecule has 150 valence electrons. The smallest absolute Gasteiger partial charge is 0.337 e. The zero-order chi connectivity index (χ0) is 20.8. The first-order chi connectivity index (χ1) is 14.7. The molecular formula is C24H22N4O2. The molecule has 0 bridgehead atoms. The summed E-state index contributed by atoms with van der Waals surface area (Å²) in [7, 11) is 1.36. The summed E-state index contributed by atoms with van der Waals surface area (Å²) in [6.07, 6.45) is 0.900. The van der Waals surface area contributed by atoms with Gasteiger partial charge in [-0.25, -0.2) is 9.78 Å². The van der Waals surface area contributed by atoms with E-state index in [1.165, 1.54) is 12.7 Å². The minimum absolute atomic E-state index is 0.367. The van der Waals surface area contributed by atoms with Gasteiger partial charge in [-0.1, -0.05) is 42.5 Å². The van der Waals surface area contributed by atoms with Gasteiger partial charge in [0.25, 0.3) is 0 Å². The van der Waals surface area contributed by atoms with Gasteiger partial charge in [0.15, 0.2) is 0 Å². The molecule has 0 aliphatic heterocycles. The average Bonchev–Trinajstić information content (AvgIpc) is 2.80. The van der Waals surface area contributed by atoms with Crippen LogP contribution in [0.4, 0.5) is 17.5 Å². The van der Waals surface area contributed by atoms with Crippen molar-refractivity contribution < 1.29 is 9.53 Å². The van der Waals surface area contributed by atoms with E-state index < -0.39 is 0 Å². The molecular weight excluding hydrogens is 376 g/mol. The number of para-hydroxylation sites is 1. The summed E-state index contributed by atoms with van der Waals surface area (Å²) in [5, 5.41) is 7.63. The molecule has 1 aromatic heterocycles. The van der Waals surface area contributed by atoms with Crippen LogP contribution in [0.2, 0.25) is 0 Å². The number of fused-ring (bicyclic) bond motifs is 1. The van der Waals surface area contributed by atoms with Gasteiger partial charge in [0, 0.05) is 17.6 Å². The predicted molar refractivity (Wildman–Crippen MR) is 119 cm³/mol. The Labute approximate surface area is 175 Å². The molecule has 3 aromatic carbocycles. The Hall–Kier alpha value is -3.93. The Bertz CT molecular complexity index is 1140. The number of carbonyl (C=O) groups is 1. The molecule has 0 aliphatic carbocycles. The number of aromatic nitrogens is 2. The van der Waals surface area contributed by atoms with Crippen molar-refractivity contribution in [2.75, 3.05) is 24.3 Å². The minimum atomic E-state index is -0.367. The lowest BCUT2D eigenvalue weighted by Gasteiger charge is -2.12. The molecule has 4 aromatic rings. The molecule has 0 saturated heterocycles. The molecule has 0 atom stereocenters. The van der Waals surface area contributed by atoms with Crippen molar-refractivity contribution in [2.45, 2.75) is 6.42 Å². The van der Waals surface area contributed by atoms with E-state index in [2.05, 4.69) is 32.7 Å². The second-order valence-electron chi connectivity index (χ2n) is 6.77. The second kappa shape index (κ2) is 9.05. The van der Waals surface area contributed by atoms with E-state index in [9.17, 15) is 4.79 Å². The Morgan fingerprint density at radius 1 is 0.900 bits per heavy atom. The van der Waals surface area contributed by atoms with Crippen LogP contribution in [0.1, 0.15) is 15.9 Å². The molecule has 0 radical (unpaired) electrons. The van der Waals surface area contributed by atoms with Gasteiger partial charge in [0.2, 0.25) is 5.95 Å². The minimum Gasteiger partial charge on any atom is -0.465 e. The molecule has 0 aliphatic rings. The van der Waals surface area contributed by atoms with Crippen molar-refractivity contribution in [1.82, 2.24) is 9.97 Å². The summed E-state index contributed by atoms with van der Waals surface area (Å²) < 4.78 is 4.74. The summed E-state index contributed by atoms with van der Waals surface area (Å²) in [6, 6.07) is 25.2. The fourth-order valence-electron chi connectivity index (χ4n) is 3.17. The highest BCUT2D eigenvalue weighted by Crippen LogP contribution is 2.24. The van der Waals surface area contributed by atoms with E-state index in [-0.39, 0.29) is 5.97 Å². The van der Waals surface area contributed by atoms with E-state index in [0.717, 1.165) is 35.4 Å². The van der Waals surface area contributed by atoms with E-state index in [0.29, 0.717) is 11.5 Å². The van der Waals surface area contributed by atoms with Gasteiger partial charge in [-0.15, -0.1) is 0 Å². The maximum absolute atomic E-state index is 11.6. The molecule has 6 nitrogen and oxygen atoms in total. The lowest BCUT2D eigenvalue weighted by Crippen LogP contribution is -2.09. The highest BCUT2D eigenvalue weighted by Gasteiger charge is 2.09. The number of hydrogen-bond donors (Lipinski definition) is 2. The van der Waals surface area contributed by atoms with E-state index in [1.807, 2.05) is 42.5 Å². The van der Waals surface area contributed by atoms with Gasteiger partial charge in [-0.3, -0.25) is 0 Å². The first-order valence-electron chi connectivity index (χ1n) is 9.73. The highest BCUT2D eigenvalue weighted by atomic mass is 16.5. The van der Waals surface area contributed by atoms with Crippen LogP contribution < -0.4 is 10.6 Å². The fraction of sp³-hybridized carbons (Fsp3) is 0.125. The maximum Gasteiger partial charge on any atom is 0.337 e. The summed E-state index contributed by atoms with van der Waals surface area (Å²) >= 11 is 0. The number of esters is 1. The third kappa shape index (κ3) is 4.55. The number of hydrogen-bond acceptors (Lipinski definition) is 6. The van der Waals surface area contributed by atoms with Crippen molar-refractivity contribution in [1.29, 1.82) is 0 Å². The summed E-state index contributed by atoms with van der Waals surface area (Å²) in [6.45, 7) is 0.762. The summed E-state index contributed by atoms with van der Waals surface area (Å²) in [5.41, 5.74) is 3.40. The van der Waals surface area contributed by atoms with Crippen molar-refractivity contribution in [2.24, 2.45) is 0 Å². The second-order valence-corrected chi connectivity index (χ2v) is 6.77. The van der Waals surface area contributed by atoms with E-state index >= 15 is 0 Å². The molecule has 0 amide bonds. The number of carbonyl (C=O) groups excluding carboxylic acids is 1. The SMILES string of the molecule is COC(=O)c1ccc(Nc2nc(NCCc3ccccc3)c3ccccc3n2)cc1. The highest BCUT2D eigenvalue weighted by molar-refractivity contribution is 5.91. The van der Waals surface area contributed by atoms with Crippen molar-refractivity contribution in [3.8, 4) is 0 Å². The molecule has 4 rings (SSSR count). The first kappa shape index (κ1) is 19.4. The normalized spacial score (nSPS) is 10.6. The predicted octanol–water partition coefficient (Wildman–Crippen LogP) is 4.81. The molecule has 2 N–H and O–H groups in total. The van der Waals surface area contributed by atoms with Crippen LogP contribution in [-0.4, -0.2) is 29.6 Å². The van der Waals surface area contributed by atoms with Crippen LogP contribution in [0.25, 0.3) is 10.9 Å². The van der Waals surface area contributed by atoms with E-state index in [1.54, 1.807) is 24.3 Å². The Morgan fingerprint density at radius 3 is 2.40 bits per heavy atom. The van der Waals surface area contributed by atoms with Gasteiger partial charge < -0.3 is 15.4 Å². The zero-order valence-corrected chi connectivity index (χ0v) is 16.6. The maximum atomic E-state index is 11.6. The van der Waals surface area contributed by atoms with Gasteiger partial charge in [-0.05, 0) is 48.4 Å². The van der Waals surface area contributed by atoms with Crippen molar-refractivity contribution in [3.63, 3.8) is 0 Å². The number of nitrogens with one attached hydrogen (secondary N) is 2. The largest absolute Gasteiger partial charge is 0.465 e. The third-order valence-electron chi connectivity index (χ3n) is 4.71. The number of methoxy groups -OCH3 is 1. The first-order valence-corrected chi connectivity index (χ1v) is 9.73. The lowest BCUT2D eigenvalue weighted by molar-refractivity contribution is 0.0601. The Kier molecular flexibility index (Phi) is 5.85. The number of benzene rings is 3. The van der Waals surface area contributed by atoms with Crippen molar-refractivity contribution in [3.05, 3.63) is 90.0 Å². The van der Waals surface area contributed by atoms with Gasteiger partial charge in [0.05, 0.1) is 18.2 Å². The zero-order valence-electron chi connectivity index (χ0n) is 16.6. The van der Waals surface area contributed by atoms with E-state index in [4.69, 9.17) is 4.74 Å². The molecule has 0 saturated carbocycles. The fourth-order valence-corrected chi connectivity index (χ4v) is 3.17. The molecule has 6 heteroatoms. The summed E-state index contributed by atoms with van der Waals surface area (Å²) in [5.74, 6) is 0.903. The number of anilines is 3. The van der Waals surface area contributed by atoms with Crippen molar-refractivity contribution >= 4 is 34.3 Å². The number of rotatable bonds is 7. The Morgan fingerprint density at radius 2 is 1.63 bits per heavy atom. The molecule has 0 spiro atoms. The standard InChI is InChI=1S/C24H22N4O2/c1-30-23(29)18-11-13-19(14-12-18)26-24-27-21-10-6-5-9-20(21)22(28-24)25-16-15-17-7-3-2-4-8-17/h2-14H,15-16H2,1H3,(H2,25,26,27,28). The average molecular weight is 398 g/mol. The topological polar surface area (TPSA) is 76.1 Å². The van der Waals surface area contributed by atoms with Gasteiger partial charge in [-0.2, -0.15) is 4.98 Å². The number of ether oxygens (including phenoxy) is 1. The Balaban J connectivity index is 1.54. The lowest BCUT2D eigenvalue weighted by atomic mass is 10.1. The van der Waals surface area contributed by atoms with Gasteiger partial charge in [0.1, 0.15) is 5.82 Å². The van der Waals surface area contributed by atoms with Crippen LogP contribution in [0.5, 0.6) is 0 Å². The van der Waals surface area contributed by atoms with Crippen LogP contribution in [0.15, 0.2) is 78.9 Å². The number of nitrogens with zero attached hydrogens (tertiary/aromatic N) is 2. The van der Waals surface area contributed by atoms with Crippen LogP contribution >= 0.6 is 0 Å². The molecule has 0 fully saturated rings. The van der Waals surface area contributed by atoms with Crippen LogP contribution in [0.3, 0.4) is 0 Å². The third-order valence-corrected chi connectivity index (χ3v) is 4.71. The monoisotopic (exact) mass is 398 g/mol.